The Kier molecular flexibility index (Phi) is 4.86. The second kappa shape index (κ2) is 6.63. The van der Waals surface area contributed by atoms with E-state index in [9.17, 15) is 0 Å². The summed E-state index contributed by atoms with van der Waals surface area (Å²) >= 11 is 0. The first-order chi connectivity index (χ1) is 8.83. The van der Waals surface area contributed by atoms with Gasteiger partial charge in [0.25, 0.3) is 0 Å². The van der Waals surface area contributed by atoms with Crippen LogP contribution in [0.1, 0.15) is 56.6 Å². The molecule has 0 saturated carbocycles. The van der Waals surface area contributed by atoms with E-state index in [0.717, 1.165) is 0 Å². The Labute approximate surface area is 111 Å². The third-order valence-corrected chi connectivity index (χ3v) is 3.81. The summed E-state index contributed by atoms with van der Waals surface area (Å²) in [7, 11) is 0. The van der Waals surface area contributed by atoms with Gasteiger partial charge in [0, 0.05) is 17.1 Å². The Morgan fingerprint density at radius 3 is 2.61 bits per heavy atom. The molecule has 1 heterocycles. The number of fused-ring (bicyclic) bond motifs is 1. The number of hydrogen-bond acceptors (Lipinski definition) is 0. The minimum absolute atomic E-state index is 1.22. The SMILES string of the molecule is CCCCCCCCc1c[nH]c2c(C)cccc12. The molecule has 0 saturated heterocycles. The number of unbranched alkanes of at least 4 members (excludes halogenated alkanes) is 5. The van der Waals surface area contributed by atoms with Gasteiger partial charge in [-0.2, -0.15) is 0 Å². The highest BCUT2D eigenvalue weighted by molar-refractivity contribution is 5.85. The van der Waals surface area contributed by atoms with E-state index < -0.39 is 0 Å². The molecule has 0 bridgehead atoms. The molecule has 0 aliphatic heterocycles. The van der Waals surface area contributed by atoms with Crippen LogP contribution in [0.2, 0.25) is 0 Å². The van der Waals surface area contributed by atoms with Crippen molar-refractivity contribution in [3.05, 3.63) is 35.5 Å². The van der Waals surface area contributed by atoms with Crippen molar-refractivity contribution in [2.45, 2.75) is 58.8 Å². The largest absolute Gasteiger partial charge is 0.361 e. The van der Waals surface area contributed by atoms with Crippen LogP contribution in [0.4, 0.5) is 0 Å². The van der Waals surface area contributed by atoms with E-state index in [-0.39, 0.29) is 0 Å². The maximum Gasteiger partial charge on any atom is 0.0486 e. The summed E-state index contributed by atoms with van der Waals surface area (Å²) in [6.07, 6.45) is 11.6. The molecule has 1 aromatic carbocycles. The number of para-hydroxylation sites is 1. The van der Waals surface area contributed by atoms with Crippen molar-refractivity contribution >= 4 is 10.9 Å². The van der Waals surface area contributed by atoms with Gasteiger partial charge in [0.05, 0.1) is 0 Å². The number of benzene rings is 1. The Morgan fingerprint density at radius 2 is 1.78 bits per heavy atom. The molecule has 18 heavy (non-hydrogen) atoms. The predicted octanol–water partition coefficient (Wildman–Crippen LogP) is 5.38. The highest BCUT2D eigenvalue weighted by atomic mass is 14.7. The molecule has 0 spiro atoms. The first-order valence-corrected chi connectivity index (χ1v) is 7.38. The smallest absolute Gasteiger partial charge is 0.0486 e. The fourth-order valence-corrected chi connectivity index (χ4v) is 2.67. The summed E-state index contributed by atoms with van der Waals surface area (Å²) in [6, 6.07) is 6.58. The molecular formula is C17H25N. The first kappa shape index (κ1) is 13.2. The third kappa shape index (κ3) is 3.16. The Morgan fingerprint density at radius 1 is 1.00 bits per heavy atom. The van der Waals surface area contributed by atoms with Gasteiger partial charge in [-0.05, 0) is 30.9 Å². The van der Waals surface area contributed by atoms with Crippen molar-refractivity contribution < 1.29 is 0 Å². The molecule has 0 aliphatic rings. The van der Waals surface area contributed by atoms with Crippen molar-refractivity contribution in [1.29, 1.82) is 0 Å². The van der Waals surface area contributed by atoms with E-state index in [1.54, 1.807) is 0 Å². The van der Waals surface area contributed by atoms with Gasteiger partial charge in [0.15, 0.2) is 0 Å². The topological polar surface area (TPSA) is 15.8 Å². The number of aromatic nitrogens is 1. The Balaban J connectivity index is 1.86. The quantitative estimate of drug-likeness (QED) is 0.628. The summed E-state index contributed by atoms with van der Waals surface area (Å²) in [5.74, 6) is 0. The zero-order valence-corrected chi connectivity index (χ0v) is 11.8. The number of rotatable bonds is 7. The van der Waals surface area contributed by atoms with Crippen LogP contribution in [0.15, 0.2) is 24.4 Å². The van der Waals surface area contributed by atoms with Gasteiger partial charge in [-0.3, -0.25) is 0 Å². The van der Waals surface area contributed by atoms with Crippen LogP contribution in [0.5, 0.6) is 0 Å². The maximum absolute atomic E-state index is 3.42. The predicted molar refractivity (Wildman–Crippen MR) is 80.1 cm³/mol. The molecule has 2 aromatic rings. The molecule has 0 radical (unpaired) electrons. The van der Waals surface area contributed by atoms with Crippen LogP contribution in [-0.2, 0) is 6.42 Å². The van der Waals surface area contributed by atoms with Crippen LogP contribution in [0.25, 0.3) is 10.9 Å². The molecular weight excluding hydrogens is 218 g/mol. The van der Waals surface area contributed by atoms with E-state index in [4.69, 9.17) is 0 Å². The van der Waals surface area contributed by atoms with Gasteiger partial charge in [-0.15, -0.1) is 0 Å². The first-order valence-electron chi connectivity index (χ1n) is 7.38. The zero-order chi connectivity index (χ0) is 12.8. The van der Waals surface area contributed by atoms with Gasteiger partial charge in [0.1, 0.15) is 0 Å². The van der Waals surface area contributed by atoms with Crippen LogP contribution in [0, 0.1) is 6.92 Å². The summed E-state index contributed by atoms with van der Waals surface area (Å²) in [6.45, 7) is 4.45. The zero-order valence-electron chi connectivity index (χ0n) is 11.8. The van der Waals surface area contributed by atoms with E-state index in [2.05, 4.69) is 43.2 Å². The van der Waals surface area contributed by atoms with Crippen LogP contribution < -0.4 is 0 Å². The van der Waals surface area contributed by atoms with Crippen LogP contribution >= 0.6 is 0 Å². The highest BCUT2D eigenvalue weighted by Gasteiger charge is 2.04. The van der Waals surface area contributed by atoms with Crippen LogP contribution in [0.3, 0.4) is 0 Å². The second-order valence-corrected chi connectivity index (χ2v) is 5.33. The minimum Gasteiger partial charge on any atom is -0.361 e. The average Bonchev–Trinajstić information content (AvgIpc) is 2.79. The van der Waals surface area contributed by atoms with Gasteiger partial charge in [-0.1, -0.05) is 57.2 Å². The molecule has 0 aliphatic carbocycles. The molecule has 1 aromatic heterocycles. The van der Waals surface area contributed by atoms with E-state index in [1.165, 1.54) is 67.0 Å². The van der Waals surface area contributed by atoms with E-state index in [0.29, 0.717) is 0 Å². The molecule has 2 rings (SSSR count). The van der Waals surface area contributed by atoms with Gasteiger partial charge < -0.3 is 4.98 Å². The number of aromatic amines is 1. The number of hydrogen-bond donors (Lipinski definition) is 1. The standard InChI is InChI=1S/C17H25N/c1-3-4-5-6-7-8-11-15-13-18-17-14(2)10-9-12-16(15)17/h9-10,12-13,18H,3-8,11H2,1-2H3. The molecule has 0 atom stereocenters. The highest BCUT2D eigenvalue weighted by Crippen LogP contribution is 2.22. The lowest BCUT2D eigenvalue weighted by atomic mass is 10.0. The summed E-state index contributed by atoms with van der Waals surface area (Å²) < 4.78 is 0. The average molecular weight is 243 g/mol. The summed E-state index contributed by atoms with van der Waals surface area (Å²) in [5.41, 5.74) is 4.16. The van der Waals surface area contributed by atoms with E-state index in [1.807, 2.05) is 0 Å². The lowest BCUT2D eigenvalue weighted by molar-refractivity contribution is 0.608. The third-order valence-electron chi connectivity index (χ3n) is 3.81. The monoisotopic (exact) mass is 243 g/mol. The molecule has 0 fully saturated rings. The fourth-order valence-electron chi connectivity index (χ4n) is 2.67. The van der Waals surface area contributed by atoms with Crippen LogP contribution in [-0.4, -0.2) is 4.98 Å². The number of nitrogens with one attached hydrogen (secondary N) is 1. The van der Waals surface area contributed by atoms with Gasteiger partial charge in [0.2, 0.25) is 0 Å². The fraction of sp³-hybridized carbons (Fsp3) is 0.529. The molecule has 1 N–H and O–H groups in total. The lowest BCUT2D eigenvalue weighted by Crippen LogP contribution is -1.85. The molecule has 0 unspecified atom stereocenters. The molecule has 1 nitrogen and oxygen atoms in total. The van der Waals surface area contributed by atoms with Gasteiger partial charge >= 0.3 is 0 Å². The van der Waals surface area contributed by atoms with Crippen molar-refractivity contribution in [3.63, 3.8) is 0 Å². The number of H-pyrrole nitrogens is 1. The number of aryl methyl sites for hydroxylation is 2. The summed E-state index contributed by atoms with van der Waals surface area (Å²) in [4.78, 5) is 3.42. The van der Waals surface area contributed by atoms with Crippen molar-refractivity contribution in [2.75, 3.05) is 0 Å². The molecule has 1 heteroatoms. The van der Waals surface area contributed by atoms with Crippen molar-refractivity contribution in [2.24, 2.45) is 0 Å². The summed E-state index contributed by atoms with van der Waals surface area (Å²) in [5, 5.41) is 1.42. The normalized spacial score (nSPS) is 11.2. The minimum atomic E-state index is 1.22. The van der Waals surface area contributed by atoms with Gasteiger partial charge in [-0.25, -0.2) is 0 Å². The maximum atomic E-state index is 3.42. The van der Waals surface area contributed by atoms with Crippen molar-refractivity contribution in [3.8, 4) is 0 Å². The van der Waals surface area contributed by atoms with Crippen molar-refractivity contribution in [1.82, 2.24) is 4.98 Å². The Bertz CT molecular complexity index is 481. The van der Waals surface area contributed by atoms with E-state index >= 15 is 0 Å². The second-order valence-electron chi connectivity index (χ2n) is 5.33. The lowest BCUT2D eigenvalue weighted by Gasteiger charge is -2.01. The molecule has 0 amide bonds. The molecule has 98 valence electrons. The Hall–Kier alpha value is -1.24.